The summed E-state index contributed by atoms with van der Waals surface area (Å²) < 4.78 is 22.7. The molecule has 0 heterocycles. The molecule has 0 rings (SSSR count). The third kappa shape index (κ3) is 36.4. The van der Waals surface area contributed by atoms with Crippen molar-refractivity contribution in [2.75, 3.05) is 47.5 Å². The van der Waals surface area contributed by atoms with Crippen LogP contribution in [0.1, 0.15) is 187 Å². The van der Waals surface area contributed by atoms with E-state index in [1.165, 1.54) is 96.3 Å². The van der Waals surface area contributed by atoms with Crippen molar-refractivity contribution >= 4 is 17.9 Å². The lowest BCUT2D eigenvalue weighted by molar-refractivity contribution is -0.870. The van der Waals surface area contributed by atoms with E-state index in [-0.39, 0.29) is 32.2 Å². The number of aliphatic carboxylic acids is 1. The number of carbonyl (C=O) groups is 3. The number of hydrogen-bond donors (Lipinski definition) is 1. The van der Waals surface area contributed by atoms with Gasteiger partial charge in [0.2, 0.25) is 0 Å². The molecule has 2 atom stereocenters. The van der Waals surface area contributed by atoms with Gasteiger partial charge in [0.15, 0.2) is 6.10 Å². The molecule has 0 aliphatic heterocycles. The standard InChI is InChI=1S/C43H81NO8/c1-6-8-10-12-14-16-18-19-20-21-22-24-25-27-29-31-33-40(45)50-37-39(38-51-43(42(47)48)49-36-35-44(3,4)5)52-41(46)34-32-30-28-26-23-17-15-13-11-9-7-2/h13,15,39,43H,6-12,14,16-38H2,1-5H3/p+1/b15-13-. The van der Waals surface area contributed by atoms with Crippen LogP contribution < -0.4 is 0 Å². The number of ether oxygens (including phenoxy) is 4. The molecule has 52 heavy (non-hydrogen) atoms. The van der Waals surface area contributed by atoms with Gasteiger partial charge in [-0.1, -0.05) is 154 Å². The van der Waals surface area contributed by atoms with Crippen molar-refractivity contribution in [1.29, 1.82) is 0 Å². The molecular weight excluding hydrogens is 658 g/mol. The summed E-state index contributed by atoms with van der Waals surface area (Å²) in [7, 11) is 5.95. The quantitative estimate of drug-likeness (QED) is 0.0218. The third-order valence-corrected chi connectivity index (χ3v) is 9.27. The summed E-state index contributed by atoms with van der Waals surface area (Å²) in [5.41, 5.74) is 0. The number of nitrogens with zero attached hydrogens (tertiary/aromatic N) is 1. The Bertz CT molecular complexity index is 872. The number of likely N-dealkylation sites (N-methyl/N-ethyl adjacent to an activating group) is 1. The van der Waals surface area contributed by atoms with Crippen LogP contribution in [0.15, 0.2) is 12.2 Å². The van der Waals surface area contributed by atoms with Crippen LogP contribution in [0.2, 0.25) is 0 Å². The Morgan fingerprint density at radius 1 is 0.558 bits per heavy atom. The van der Waals surface area contributed by atoms with Gasteiger partial charge in [-0.2, -0.15) is 0 Å². The maximum Gasteiger partial charge on any atom is 0.361 e. The zero-order chi connectivity index (χ0) is 38.5. The van der Waals surface area contributed by atoms with Crippen LogP contribution in [-0.4, -0.2) is 87.4 Å². The maximum absolute atomic E-state index is 12.7. The summed E-state index contributed by atoms with van der Waals surface area (Å²) in [6.07, 6.45) is 32.7. The van der Waals surface area contributed by atoms with Gasteiger partial charge in [0.1, 0.15) is 13.2 Å². The predicted molar refractivity (Wildman–Crippen MR) is 212 cm³/mol. The monoisotopic (exact) mass is 741 g/mol. The van der Waals surface area contributed by atoms with E-state index in [9.17, 15) is 19.5 Å². The van der Waals surface area contributed by atoms with Gasteiger partial charge >= 0.3 is 17.9 Å². The van der Waals surface area contributed by atoms with E-state index in [1.807, 2.05) is 21.1 Å². The smallest absolute Gasteiger partial charge is 0.361 e. The largest absolute Gasteiger partial charge is 0.477 e. The maximum atomic E-state index is 12.7. The molecule has 9 heteroatoms. The second kappa shape index (κ2) is 36.0. The van der Waals surface area contributed by atoms with Crippen LogP contribution in [0.4, 0.5) is 0 Å². The number of rotatable bonds is 39. The van der Waals surface area contributed by atoms with E-state index in [0.717, 1.165) is 57.8 Å². The van der Waals surface area contributed by atoms with E-state index in [2.05, 4.69) is 26.0 Å². The van der Waals surface area contributed by atoms with Gasteiger partial charge in [-0.15, -0.1) is 0 Å². The second-order valence-corrected chi connectivity index (χ2v) is 15.7. The van der Waals surface area contributed by atoms with Gasteiger partial charge in [0.05, 0.1) is 34.4 Å². The third-order valence-electron chi connectivity index (χ3n) is 9.27. The lowest BCUT2D eigenvalue weighted by Crippen LogP contribution is -2.40. The van der Waals surface area contributed by atoms with Gasteiger partial charge in [0.25, 0.3) is 6.29 Å². The minimum Gasteiger partial charge on any atom is -0.477 e. The highest BCUT2D eigenvalue weighted by Crippen LogP contribution is 2.15. The summed E-state index contributed by atoms with van der Waals surface area (Å²) in [5.74, 6) is -2.01. The van der Waals surface area contributed by atoms with Crippen molar-refractivity contribution in [1.82, 2.24) is 0 Å². The average molecular weight is 741 g/mol. The highest BCUT2D eigenvalue weighted by molar-refractivity contribution is 5.71. The fourth-order valence-corrected chi connectivity index (χ4v) is 5.88. The molecule has 1 N–H and O–H groups in total. The minimum atomic E-state index is -1.50. The number of esters is 2. The highest BCUT2D eigenvalue weighted by atomic mass is 16.7. The van der Waals surface area contributed by atoms with Crippen LogP contribution in [0.3, 0.4) is 0 Å². The number of allylic oxidation sites excluding steroid dienone is 2. The normalized spacial score (nSPS) is 13.0. The highest BCUT2D eigenvalue weighted by Gasteiger charge is 2.25. The molecule has 0 radical (unpaired) electrons. The zero-order valence-corrected chi connectivity index (χ0v) is 34.5. The summed E-state index contributed by atoms with van der Waals surface area (Å²) in [5, 5.41) is 9.60. The first-order valence-corrected chi connectivity index (χ1v) is 21.4. The molecule has 0 amide bonds. The van der Waals surface area contributed by atoms with Crippen LogP contribution in [0.5, 0.6) is 0 Å². The van der Waals surface area contributed by atoms with E-state index < -0.39 is 24.3 Å². The molecule has 9 nitrogen and oxygen atoms in total. The molecule has 0 aromatic rings. The molecule has 0 aromatic heterocycles. The number of carboxylic acids is 1. The molecule has 2 unspecified atom stereocenters. The molecule has 306 valence electrons. The molecule has 0 aromatic carbocycles. The number of unbranched alkanes of at least 4 members (excludes halogenated alkanes) is 22. The van der Waals surface area contributed by atoms with E-state index >= 15 is 0 Å². The lowest BCUT2D eigenvalue weighted by atomic mass is 10.0. The summed E-state index contributed by atoms with van der Waals surface area (Å²) in [6.45, 7) is 4.83. The molecule has 0 bridgehead atoms. The van der Waals surface area contributed by atoms with Gasteiger partial charge in [-0.3, -0.25) is 9.59 Å². The summed E-state index contributed by atoms with van der Waals surface area (Å²) >= 11 is 0. The van der Waals surface area contributed by atoms with Gasteiger partial charge in [0, 0.05) is 12.8 Å². The zero-order valence-electron chi connectivity index (χ0n) is 34.5. The first-order chi connectivity index (χ1) is 25.1. The second-order valence-electron chi connectivity index (χ2n) is 15.7. The van der Waals surface area contributed by atoms with Gasteiger partial charge < -0.3 is 28.5 Å². The summed E-state index contributed by atoms with van der Waals surface area (Å²) in [4.78, 5) is 37.0. The molecule has 0 saturated carbocycles. The van der Waals surface area contributed by atoms with Crippen molar-refractivity contribution in [2.45, 2.75) is 200 Å². The first kappa shape index (κ1) is 50.0. The van der Waals surface area contributed by atoms with Gasteiger partial charge in [-0.05, 0) is 32.1 Å². The topological polar surface area (TPSA) is 108 Å². The predicted octanol–water partition coefficient (Wildman–Crippen LogP) is 10.7. The lowest BCUT2D eigenvalue weighted by Gasteiger charge is -2.25. The number of carbonyl (C=O) groups excluding carboxylic acids is 2. The fraction of sp³-hybridized carbons (Fsp3) is 0.884. The molecule has 0 fully saturated rings. The van der Waals surface area contributed by atoms with E-state index in [4.69, 9.17) is 18.9 Å². The number of quaternary nitrogens is 1. The fourth-order valence-electron chi connectivity index (χ4n) is 5.88. The minimum absolute atomic E-state index is 0.180. The molecule has 0 spiro atoms. The Kier molecular flexibility index (Phi) is 34.7. The summed E-state index contributed by atoms with van der Waals surface area (Å²) in [6, 6.07) is 0. The van der Waals surface area contributed by atoms with E-state index in [1.54, 1.807) is 0 Å². The van der Waals surface area contributed by atoms with Crippen LogP contribution in [-0.2, 0) is 33.3 Å². The SMILES string of the molecule is CCCC/C=C\CCCCCCCC(=O)OC(COC(=O)CCCCCCCCCCCCCCCCCC)COC(OCC[N+](C)(C)C)C(=O)O. The van der Waals surface area contributed by atoms with Crippen LogP contribution >= 0.6 is 0 Å². The van der Waals surface area contributed by atoms with Gasteiger partial charge in [-0.25, -0.2) is 4.79 Å². The Balaban J connectivity index is 4.42. The average Bonchev–Trinajstić information content (AvgIpc) is 3.09. The Labute approximate surface area is 319 Å². The Hall–Kier alpha value is -1.97. The molecule has 0 saturated heterocycles. The van der Waals surface area contributed by atoms with Crippen molar-refractivity contribution in [2.24, 2.45) is 0 Å². The Morgan fingerprint density at radius 3 is 1.48 bits per heavy atom. The first-order valence-electron chi connectivity index (χ1n) is 21.4. The van der Waals surface area contributed by atoms with Crippen LogP contribution in [0, 0.1) is 0 Å². The molecule has 0 aliphatic carbocycles. The number of carboxylic acid groups (broad SMARTS) is 1. The van der Waals surface area contributed by atoms with Crippen LogP contribution in [0.25, 0.3) is 0 Å². The molecular formula is C43H82NO8+. The molecule has 0 aliphatic rings. The van der Waals surface area contributed by atoms with Crippen molar-refractivity contribution in [3.8, 4) is 0 Å². The Morgan fingerprint density at radius 2 is 1.00 bits per heavy atom. The van der Waals surface area contributed by atoms with Crippen molar-refractivity contribution < 1.29 is 42.9 Å². The van der Waals surface area contributed by atoms with Crippen molar-refractivity contribution in [3.63, 3.8) is 0 Å². The number of hydrogen-bond acceptors (Lipinski definition) is 7. The van der Waals surface area contributed by atoms with E-state index in [0.29, 0.717) is 23.9 Å². The van der Waals surface area contributed by atoms with Crippen molar-refractivity contribution in [3.05, 3.63) is 12.2 Å².